The average molecular weight is 149 g/mol. The molecule has 0 unspecified atom stereocenters. The molecule has 0 aliphatic carbocycles. The fraction of sp³-hybridized carbons (Fsp3) is 0.400. The maximum Gasteiger partial charge on any atom is 0.0343 e. The van der Waals surface area contributed by atoms with E-state index in [0.29, 0.717) is 5.92 Å². The Balaban J connectivity index is 2.66. The van der Waals surface area contributed by atoms with Crippen LogP contribution in [0.2, 0.25) is 0 Å². The van der Waals surface area contributed by atoms with E-state index in [4.69, 9.17) is 0 Å². The number of allylic oxidation sites excluding steroid dienone is 5. The summed E-state index contributed by atoms with van der Waals surface area (Å²) in [5.74, 6) is 0.605. The van der Waals surface area contributed by atoms with E-state index in [1.54, 1.807) is 0 Å². The second-order valence-electron chi connectivity index (χ2n) is 3.20. The molecule has 1 rings (SSSR count). The van der Waals surface area contributed by atoms with Crippen LogP contribution >= 0.6 is 0 Å². The molecular formula is C10H15N. The maximum absolute atomic E-state index is 3.28. The number of hydrogen-bond acceptors (Lipinski definition) is 1. The van der Waals surface area contributed by atoms with Gasteiger partial charge in [0.2, 0.25) is 0 Å². The Morgan fingerprint density at radius 2 is 2.18 bits per heavy atom. The number of hydrogen-bond donors (Lipinski definition) is 1. The summed E-state index contributed by atoms with van der Waals surface area (Å²) in [7, 11) is 0. The average Bonchev–Trinajstić information content (AvgIpc) is 1.85. The number of rotatable bonds is 1. The van der Waals surface area contributed by atoms with Crippen LogP contribution in [0.25, 0.3) is 0 Å². The van der Waals surface area contributed by atoms with Crippen molar-refractivity contribution < 1.29 is 0 Å². The lowest BCUT2D eigenvalue weighted by Crippen LogP contribution is -2.11. The van der Waals surface area contributed by atoms with Crippen LogP contribution in [0.1, 0.15) is 20.8 Å². The largest absolute Gasteiger partial charge is 0.359 e. The monoisotopic (exact) mass is 149 g/mol. The van der Waals surface area contributed by atoms with Gasteiger partial charge in [0.25, 0.3) is 0 Å². The summed E-state index contributed by atoms with van der Waals surface area (Å²) in [4.78, 5) is 0. The molecule has 0 saturated heterocycles. The Bertz CT molecular complexity index is 219. The number of dihydropyridines is 1. The van der Waals surface area contributed by atoms with Crippen molar-refractivity contribution in [3.63, 3.8) is 0 Å². The summed E-state index contributed by atoms with van der Waals surface area (Å²) >= 11 is 0. The summed E-state index contributed by atoms with van der Waals surface area (Å²) in [6.07, 6.45) is 8.44. The highest BCUT2D eigenvalue weighted by molar-refractivity contribution is 5.30. The molecule has 1 heterocycles. The number of nitrogens with one attached hydrogen (secondary N) is 1. The van der Waals surface area contributed by atoms with E-state index in [-0.39, 0.29) is 0 Å². The Morgan fingerprint density at radius 3 is 2.73 bits per heavy atom. The van der Waals surface area contributed by atoms with Crippen molar-refractivity contribution >= 4 is 0 Å². The molecule has 0 atom stereocenters. The second-order valence-corrected chi connectivity index (χ2v) is 3.20. The SMILES string of the molecule is CC1=CC=C/C(=C\C(C)C)N1. The van der Waals surface area contributed by atoms with Crippen LogP contribution in [-0.4, -0.2) is 0 Å². The summed E-state index contributed by atoms with van der Waals surface area (Å²) in [6, 6.07) is 0. The fourth-order valence-corrected chi connectivity index (χ4v) is 1.06. The van der Waals surface area contributed by atoms with Crippen LogP contribution in [0.15, 0.2) is 35.7 Å². The van der Waals surface area contributed by atoms with Gasteiger partial charge >= 0.3 is 0 Å². The maximum atomic E-state index is 3.28. The molecule has 60 valence electrons. The van der Waals surface area contributed by atoms with Crippen molar-refractivity contribution in [3.05, 3.63) is 35.7 Å². The Morgan fingerprint density at radius 1 is 1.45 bits per heavy atom. The first-order valence-corrected chi connectivity index (χ1v) is 4.02. The van der Waals surface area contributed by atoms with Gasteiger partial charge in [-0.2, -0.15) is 0 Å². The zero-order valence-electron chi connectivity index (χ0n) is 7.39. The first-order chi connectivity index (χ1) is 5.18. The Labute approximate surface area is 68.5 Å². The summed E-state index contributed by atoms with van der Waals surface area (Å²) in [5, 5.41) is 3.28. The predicted molar refractivity (Wildman–Crippen MR) is 49.0 cm³/mol. The van der Waals surface area contributed by atoms with Gasteiger partial charge in [-0.15, -0.1) is 0 Å². The van der Waals surface area contributed by atoms with Gasteiger partial charge in [0, 0.05) is 11.4 Å². The molecule has 0 aromatic carbocycles. The topological polar surface area (TPSA) is 12.0 Å². The lowest BCUT2D eigenvalue weighted by Gasteiger charge is -2.11. The molecule has 0 fully saturated rings. The molecule has 11 heavy (non-hydrogen) atoms. The molecule has 0 aromatic rings. The quantitative estimate of drug-likeness (QED) is 0.604. The molecule has 0 aromatic heterocycles. The Hall–Kier alpha value is -0.980. The van der Waals surface area contributed by atoms with Crippen molar-refractivity contribution in [2.75, 3.05) is 0 Å². The van der Waals surface area contributed by atoms with Gasteiger partial charge in [-0.3, -0.25) is 0 Å². The molecule has 1 aliphatic heterocycles. The first-order valence-electron chi connectivity index (χ1n) is 4.02. The molecule has 0 saturated carbocycles. The molecule has 0 bridgehead atoms. The second kappa shape index (κ2) is 3.42. The van der Waals surface area contributed by atoms with Crippen molar-refractivity contribution in [2.24, 2.45) is 5.92 Å². The van der Waals surface area contributed by atoms with E-state index in [1.807, 2.05) is 0 Å². The zero-order chi connectivity index (χ0) is 8.27. The van der Waals surface area contributed by atoms with Gasteiger partial charge in [-0.05, 0) is 25.0 Å². The van der Waals surface area contributed by atoms with Crippen molar-refractivity contribution in [1.82, 2.24) is 5.32 Å². The van der Waals surface area contributed by atoms with E-state index in [0.717, 1.165) is 0 Å². The van der Waals surface area contributed by atoms with Gasteiger partial charge in [0.1, 0.15) is 0 Å². The van der Waals surface area contributed by atoms with Crippen molar-refractivity contribution in [2.45, 2.75) is 20.8 Å². The molecule has 0 radical (unpaired) electrons. The van der Waals surface area contributed by atoms with Crippen LogP contribution in [0.5, 0.6) is 0 Å². The highest BCUT2D eigenvalue weighted by atomic mass is 14.9. The summed E-state index contributed by atoms with van der Waals surface area (Å²) in [6.45, 7) is 6.42. The minimum Gasteiger partial charge on any atom is -0.359 e. The third-order valence-corrected chi connectivity index (χ3v) is 1.48. The van der Waals surface area contributed by atoms with Crippen LogP contribution in [0.3, 0.4) is 0 Å². The van der Waals surface area contributed by atoms with E-state index in [1.165, 1.54) is 11.4 Å². The minimum atomic E-state index is 0.605. The van der Waals surface area contributed by atoms with Gasteiger partial charge < -0.3 is 5.32 Å². The molecule has 0 amide bonds. The standard InChI is InChI=1S/C10H15N/c1-8(2)7-10-6-4-5-9(3)11-10/h4-8,11H,1-3H3/b10-7+. The first kappa shape index (κ1) is 8.12. The normalized spacial score (nSPS) is 20.4. The highest BCUT2D eigenvalue weighted by Crippen LogP contribution is 2.07. The summed E-state index contributed by atoms with van der Waals surface area (Å²) < 4.78 is 0. The van der Waals surface area contributed by atoms with Crippen molar-refractivity contribution in [3.8, 4) is 0 Å². The minimum absolute atomic E-state index is 0.605. The molecule has 1 nitrogen and oxygen atoms in total. The van der Waals surface area contributed by atoms with E-state index >= 15 is 0 Å². The van der Waals surface area contributed by atoms with Crippen LogP contribution in [0.4, 0.5) is 0 Å². The molecule has 0 spiro atoms. The molecule has 1 N–H and O–H groups in total. The predicted octanol–water partition coefficient (Wildman–Crippen LogP) is 2.59. The lowest BCUT2D eigenvalue weighted by molar-refractivity contribution is 0.808. The third-order valence-electron chi connectivity index (χ3n) is 1.48. The van der Waals surface area contributed by atoms with Gasteiger partial charge in [-0.25, -0.2) is 0 Å². The van der Waals surface area contributed by atoms with E-state index in [2.05, 4.69) is 50.4 Å². The summed E-state index contributed by atoms with van der Waals surface area (Å²) in [5.41, 5.74) is 2.42. The molecular weight excluding hydrogens is 134 g/mol. The van der Waals surface area contributed by atoms with E-state index in [9.17, 15) is 0 Å². The molecule has 1 heteroatoms. The van der Waals surface area contributed by atoms with Gasteiger partial charge in [0.05, 0.1) is 0 Å². The lowest BCUT2D eigenvalue weighted by atomic mass is 10.1. The van der Waals surface area contributed by atoms with E-state index < -0.39 is 0 Å². The van der Waals surface area contributed by atoms with Crippen LogP contribution in [0, 0.1) is 5.92 Å². The zero-order valence-corrected chi connectivity index (χ0v) is 7.39. The van der Waals surface area contributed by atoms with Crippen molar-refractivity contribution in [1.29, 1.82) is 0 Å². The van der Waals surface area contributed by atoms with Crippen LogP contribution < -0.4 is 5.32 Å². The van der Waals surface area contributed by atoms with Gasteiger partial charge in [0.15, 0.2) is 0 Å². The Kier molecular flexibility index (Phi) is 2.53. The van der Waals surface area contributed by atoms with Gasteiger partial charge in [-0.1, -0.05) is 26.0 Å². The highest BCUT2D eigenvalue weighted by Gasteiger charge is 1.97. The fourth-order valence-electron chi connectivity index (χ4n) is 1.06. The van der Waals surface area contributed by atoms with Crippen LogP contribution in [-0.2, 0) is 0 Å². The molecule has 1 aliphatic rings. The third kappa shape index (κ3) is 2.62. The smallest absolute Gasteiger partial charge is 0.0343 e.